The zero-order valence-electron chi connectivity index (χ0n) is 13.6. The molecule has 1 aliphatic heterocycles. The lowest BCUT2D eigenvalue weighted by Crippen LogP contribution is -2.40. The van der Waals surface area contributed by atoms with Crippen LogP contribution in [0, 0.1) is 5.92 Å². The number of benzene rings is 1. The number of amides is 1. The van der Waals surface area contributed by atoms with Crippen LogP contribution in [0.5, 0.6) is 0 Å². The molecular formula is C18H26N4O. The Labute approximate surface area is 138 Å². The van der Waals surface area contributed by atoms with Crippen LogP contribution in [0.1, 0.15) is 44.1 Å². The van der Waals surface area contributed by atoms with Crippen molar-refractivity contribution in [2.75, 3.05) is 18.4 Å². The molecule has 1 aliphatic carbocycles. The van der Waals surface area contributed by atoms with Crippen molar-refractivity contribution in [1.29, 1.82) is 0 Å². The third-order valence-corrected chi connectivity index (χ3v) is 4.77. The Morgan fingerprint density at radius 3 is 2.70 bits per heavy atom. The van der Waals surface area contributed by atoms with E-state index in [0.717, 1.165) is 37.2 Å². The Morgan fingerprint density at radius 1 is 1.22 bits per heavy atom. The summed E-state index contributed by atoms with van der Waals surface area (Å²) in [4.78, 5) is 18.7. The summed E-state index contributed by atoms with van der Waals surface area (Å²) >= 11 is 0. The van der Waals surface area contributed by atoms with E-state index in [0.29, 0.717) is 12.5 Å². The molecule has 5 heteroatoms. The molecule has 23 heavy (non-hydrogen) atoms. The van der Waals surface area contributed by atoms with Crippen LogP contribution >= 0.6 is 0 Å². The van der Waals surface area contributed by atoms with Crippen LogP contribution in [0.15, 0.2) is 29.3 Å². The standard InChI is InChI=1S/C18H26N4O/c19-18(22-10-2-1-3-11-22)20-13-14-6-4-9-16(12-14)21-17(23)15-7-5-8-15/h4,6,9,12,15H,1-3,5,7-8,10-11,13H2,(H2,19,20)(H,21,23). The average Bonchev–Trinajstić information content (AvgIpc) is 2.52. The molecule has 0 unspecified atom stereocenters. The summed E-state index contributed by atoms with van der Waals surface area (Å²) in [5.74, 6) is 0.977. The second kappa shape index (κ2) is 7.49. The van der Waals surface area contributed by atoms with Crippen molar-refractivity contribution in [3.8, 4) is 0 Å². The zero-order chi connectivity index (χ0) is 16.1. The minimum atomic E-state index is 0.143. The molecule has 0 bridgehead atoms. The molecular weight excluding hydrogens is 288 g/mol. The maximum Gasteiger partial charge on any atom is 0.227 e. The second-order valence-electron chi connectivity index (χ2n) is 6.54. The first-order chi connectivity index (χ1) is 11.2. The highest BCUT2D eigenvalue weighted by Gasteiger charge is 2.25. The lowest BCUT2D eigenvalue weighted by Gasteiger charge is -2.27. The van der Waals surface area contributed by atoms with E-state index in [1.54, 1.807) is 0 Å². The molecule has 0 radical (unpaired) electrons. The third kappa shape index (κ3) is 4.24. The number of piperidine rings is 1. The molecule has 5 nitrogen and oxygen atoms in total. The predicted octanol–water partition coefficient (Wildman–Crippen LogP) is 2.73. The number of nitrogens with zero attached hydrogens (tertiary/aromatic N) is 2. The van der Waals surface area contributed by atoms with Gasteiger partial charge in [-0.2, -0.15) is 0 Å². The van der Waals surface area contributed by atoms with E-state index in [1.807, 2.05) is 24.3 Å². The van der Waals surface area contributed by atoms with Gasteiger partial charge in [0, 0.05) is 24.7 Å². The second-order valence-corrected chi connectivity index (χ2v) is 6.54. The van der Waals surface area contributed by atoms with Crippen molar-refractivity contribution in [3.05, 3.63) is 29.8 Å². The average molecular weight is 314 g/mol. The van der Waals surface area contributed by atoms with Crippen molar-refractivity contribution in [2.24, 2.45) is 16.6 Å². The number of rotatable bonds is 4. The molecule has 1 aromatic carbocycles. The smallest absolute Gasteiger partial charge is 0.227 e. The molecule has 1 saturated heterocycles. The molecule has 0 atom stereocenters. The van der Waals surface area contributed by atoms with Gasteiger partial charge >= 0.3 is 0 Å². The number of hydrogen-bond acceptors (Lipinski definition) is 2. The zero-order valence-corrected chi connectivity index (χ0v) is 13.6. The van der Waals surface area contributed by atoms with Gasteiger partial charge in [0.2, 0.25) is 5.91 Å². The molecule has 2 aliphatic rings. The Kier molecular flexibility index (Phi) is 5.16. The normalized spacial score (nSPS) is 19.3. The van der Waals surface area contributed by atoms with E-state index in [2.05, 4.69) is 15.2 Å². The fourth-order valence-electron chi connectivity index (χ4n) is 3.06. The molecule has 0 spiro atoms. The van der Waals surface area contributed by atoms with Gasteiger partial charge in [-0.25, -0.2) is 4.99 Å². The van der Waals surface area contributed by atoms with Gasteiger partial charge in [0.05, 0.1) is 6.54 Å². The first-order valence-electron chi connectivity index (χ1n) is 8.67. The van der Waals surface area contributed by atoms with E-state index in [4.69, 9.17) is 5.73 Å². The van der Waals surface area contributed by atoms with Crippen LogP contribution in [-0.4, -0.2) is 29.9 Å². The number of aliphatic imine (C=N–C) groups is 1. The summed E-state index contributed by atoms with van der Waals surface area (Å²) in [5.41, 5.74) is 8.01. The fourth-order valence-corrected chi connectivity index (χ4v) is 3.06. The molecule has 1 saturated carbocycles. The summed E-state index contributed by atoms with van der Waals surface area (Å²) < 4.78 is 0. The van der Waals surface area contributed by atoms with Crippen molar-refractivity contribution in [3.63, 3.8) is 0 Å². The van der Waals surface area contributed by atoms with Gasteiger partial charge in [0.15, 0.2) is 5.96 Å². The summed E-state index contributed by atoms with van der Waals surface area (Å²) in [6.45, 7) is 2.56. The number of nitrogens with one attached hydrogen (secondary N) is 1. The van der Waals surface area contributed by atoms with Crippen molar-refractivity contribution >= 4 is 17.6 Å². The lowest BCUT2D eigenvalue weighted by molar-refractivity contribution is -0.122. The van der Waals surface area contributed by atoms with Crippen LogP contribution in [0.3, 0.4) is 0 Å². The molecule has 2 fully saturated rings. The predicted molar refractivity (Wildman–Crippen MR) is 93.2 cm³/mol. The maximum absolute atomic E-state index is 12.0. The topological polar surface area (TPSA) is 70.7 Å². The largest absolute Gasteiger partial charge is 0.370 e. The third-order valence-electron chi connectivity index (χ3n) is 4.77. The lowest BCUT2D eigenvalue weighted by atomic mass is 9.85. The van der Waals surface area contributed by atoms with E-state index in [1.165, 1.54) is 25.7 Å². The fraction of sp³-hybridized carbons (Fsp3) is 0.556. The van der Waals surface area contributed by atoms with Crippen LogP contribution in [0.2, 0.25) is 0 Å². The van der Waals surface area contributed by atoms with Crippen LogP contribution in [0.25, 0.3) is 0 Å². The molecule has 1 heterocycles. The summed E-state index contributed by atoms with van der Waals surface area (Å²) in [7, 11) is 0. The highest BCUT2D eigenvalue weighted by Crippen LogP contribution is 2.27. The Hall–Kier alpha value is -2.04. The van der Waals surface area contributed by atoms with Crippen LogP contribution in [0.4, 0.5) is 5.69 Å². The Balaban J connectivity index is 1.57. The number of hydrogen-bond donors (Lipinski definition) is 2. The van der Waals surface area contributed by atoms with E-state index < -0.39 is 0 Å². The summed E-state index contributed by atoms with van der Waals surface area (Å²) in [6.07, 6.45) is 6.87. The van der Waals surface area contributed by atoms with Crippen LogP contribution in [-0.2, 0) is 11.3 Å². The minimum absolute atomic E-state index is 0.143. The minimum Gasteiger partial charge on any atom is -0.370 e. The highest BCUT2D eigenvalue weighted by molar-refractivity contribution is 5.93. The summed E-state index contributed by atoms with van der Waals surface area (Å²) in [6, 6.07) is 7.89. The number of guanidine groups is 1. The number of anilines is 1. The summed E-state index contributed by atoms with van der Waals surface area (Å²) in [5, 5.41) is 3.01. The van der Waals surface area contributed by atoms with Gasteiger partial charge in [-0.15, -0.1) is 0 Å². The highest BCUT2D eigenvalue weighted by atomic mass is 16.1. The number of carbonyl (C=O) groups is 1. The molecule has 3 rings (SSSR count). The van der Waals surface area contributed by atoms with E-state index >= 15 is 0 Å². The van der Waals surface area contributed by atoms with Crippen molar-refractivity contribution in [2.45, 2.75) is 45.1 Å². The molecule has 3 N–H and O–H groups in total. The Bertz CT molecular complexity index is 574. The van der Waals surface area contributed by atoms with Gasteiger partial charge in [-0.1, -0.05) is 18.6 Å². The Morgan fingerprint density at radius 2 is 2.00 bits per heavy atom. The van der Waals surface area contributed by atoms with E-state index in [-0.39, 0.29) is 11.8 Å². The van der Waals surface area contributed by atoms with Crippen molar-refractivity contribution < 1.29 is 4.79 Å². The molecule has 1 aromatic rings. The number of nitrogens with two attached hydrogens (primary N) is 1. The van der Waals surface area contributed by atoms with Gasteiger partial charge < -0.3 is 16.0 Å². The van der Waals surface area contributed by atoms with Gasteiger partial charge in [0.25, 0.3) is 0 Å². The van der Waals surface area contributed by atoms with Gasteiger partial charge in [0.1, 0.15) is 0 Å². The monoisotopic (exact) mass is 314 g/mol. The van der Waals surface area contributed by atoms with E-state index in [9.17, 15) is 4.79 Å². The molecule has 1 amide bonds. The SMILES string of the molecule is NC(=NCc1cccc(NC(=O)C2CCC2)c1)N1CCCCC1. The van der Waals surface area contributed by atoms with Gasteiger partial charge in [-0.05, 0) is 49.8 Å². The first kappa shape index (κ1) is 15.8. The number of likely N-dealkylation sites (tertiary alicyclic amines) is 1. The van der Waals surface area contributed by atoms with Gasteiger partial charge in [-0.3, -0.25) is 4.79 Å². The van der Waals surface area contributed by atoms with Crippen LogP contribution < -0.4 is 11.1 Å². The molecule has 0 aromatic heterocycles. The quantitative estimate of drug-likeness (QED) is 0.663. The first-order valence-corrected chi connectivity index (χ1v) is 8.67. The number of carbonyl (C=O) groups excluding carboxylic acids is 1. The molecule has 124 valence electrons. The van der Waals surface area contributed by atoms with Crippen molar-refractivity contribution in [1.82, 2.24) is 4.90 Å². The maximum atomic E-state index is 12.0.